The van der Waals surface area contributed by atoms with Crippen LogP contribution in [0.4, 0.5) is 17.1 Å². The van der Waals surface area contributed by atoms with Crippen molar-refractivity contribution in [2.24, 2.45) is 0 Å². The van der Waals surface area contributed by atoms with Gasteiger partial charge in [0.15, 0.2) is 11.0 Å². The average Bonchev–Trinajstić information content (AvgIpc) is 3.25. The molecule has 7 nitrogen and oxygen atoms in total. The molecule has 1 fully saturated rings. The van der Waals surface area contributed by atoms with Crippen LogP contribution in [0.5, 0.6) is 5.75 Å². The molecule has 1 amide bonds. The summed E-state index contributed by atoms with van der Waals surface area (Å²) < 4.78 is 21.1. The number of phenolic OH excluding ortho intramolecular Hbond substituents is 1. The molecule has 3 aromatic rings. The van der Waals surface area contributed by atoms with E-state index in [1.807, 2.05) is 13.8 Å². The van der Waals surface area contributed by atoms with Gasteiger partial charge in [0.1, 0.15) is 15.5 Å². The van der Waals surface area contributed by atoms with Crippen molar-refractivity contribution in [2.45, 2.75) is 25.7 Å². The van der Waals surface area contributed by atoms with E-state index in [1.165, 1.54) is 23.0 Å². The van der Waals surface area contributed by atoms with Gasteiger partial charge < -0.3 is 20.1 Å². The maximum absolute atomic E-state index is 13.2. The Bertz CT molecular complexity index is 1200. The quantitative estimate of drug-likeness (QED) is 0.475. The number of hydrogen-bond donors (Lipinski definition) is 3. The molecule has 1 aromatic heterocycles. The number of anilines is 3. The van der Waals surface area contributed by atoms with E-state index < -0.39 is 11.0 Å². The Morgan fingerprint density at radius 2 is 1.85 bits per heavy atom. The van der Waals surface area contributed by atoms with E-state index >= 15 is 0 Å². The molecule has 174 valence electrons. The molecule has 9 heteroatoms. The molecule has 0 aliphatic carbocycles. The number of thiophene rings is 1. The highest BCUT2D eigenvalue weighted by Crippen LogP contribution is 2.35. The first-order chi connectivity index (χ1) is 15.9. The van der Waals surface area contributed by atoms with Crippen LogP contribution in [-0.4, -0.2) is 41.5 Å². The smallest absolute Gasteiger partial charge is 0.267 e. The summed E-state index contributed by atoms with van der Waals surface area (Å²) in [5.41, 5.74) is 5.54. The van der Waals surface area contributed by atoms with E-state index in [9.17, 15) is 14.1 Å². The zero-order valence-electron chi connectivity index (χ0n) is 18.8. The molecule has 33 heavy (non-hydrogen) atoms. The number of ether oxygens (including phenoxy) is 1. The molecule has 2 aromatic carbocycles. The molecule has 0 saturated carbocycles. The SMILES string of the molecule is Cc1cc(C)c(N2CCOCC2)c(C)c1NC(=O)c1sccc1NS(=O)c1ccccc1O. The minimum Gasteiger partial charge on any atom is -0.507 e. The molecule has 4 rings (SSSR count). The van der Waals surface area contributed by atoms with Gasteiger partial charge in [0.05, 0.1) is 18.9 Å². The van der Waals surface area contributed by atoms with Gasteiger partial charge in [-0.3, -0.25) is 9.52 Å². The Kier molecular flexibility index (Phi) is 7.02. The maximum atomic E-state index is 13.2. The number of morpholine rings is 1. The third kappa shape index (κ3) is 4.90. The van der Waals surface area contributed by atoms with Gasteiger partial charge in [-0.15, -0.1) is 11.3 Å². The lowest BCUT2D eigenvalue weighted by atomic mass is 10.0. The fraction of sp³-hybridized carbons (Fsp3) is 0.292. The number of rotatable bonds is 6. The van der Waals surface area contributed by atoms with Crippen LogP contribution in [0.3, 0.4) is 0 Å². The average molecular weight is 486 g/mol. The van der Waals surface area contributed by atoms with E-state index in [0.29, 0.717) is 23.8 Å². The van der Waals surface area contributed by atoms with Gasteiger partial charge in [0.2, 0.25) is 0 Å². The van der Waals surface area contributed by atoms with Gasteiger partial charge in [0, 0.05) is 24.5 Å². The molecule has 0 radical (unpaired) electrons. The normalized spacial score (nSPS) is 14.7. The van der Waals surface area contributed by atoms with Crippen molar-refractivity contribution in [3.05, 3.63) is 63.3 Å². The predicted octanol–water partition coefficient (Wildman–Crippen LogP) is 4.60. The van der Waals surface area contributed by atoms with Crippen molar-refractivity contribution in [2.75, 3.05) is 41.2 Å². The van der Waals surface area contributed by atoms with Crippen molar-refractivity contribution in [1.82, 2.24) is 0 Å². The summed E-state index contributed by atoms with van der Waals surface area (Å²) in [5, 5.41) is 14.8. The molecule has 1 aliphatic rings. The summed E-state index contributed by atoms with van der Waals surface area (Å²) in [6, 6.07) is 10.2. The Hall–Kier alpha value is -2.88. The number of nitrogens with one attached hydrogen (secondary N) is 2. The Morgan fingerprint density at radius 3 is 2.58 bits per heavy atom. The summed E-state index contributed by atoms with van der Waals surface area (Å²) in [6.45, 7) is 9.11. The highest BCUT2D eigenvalue weighted by molar-refractivity contribution is 7.86. The monoisotopic (exact) mass is 485 g/mol. The van der Waals surface area contributed by atoms with Gasteiger partial charge in [-0.1, -0.05) is 18.2 Å². The predicted molar refractivity (Wildman–Crippen MR) is 134 cm³/mol. The number of nitrogens with zero attached hydrogens (tertiary/aromatic N) is 1. The largest absolute Gasteiger partial charge is 0.507 e. The number of benzene rings is 2. The number of aromatic hydroxyl groups is 1. The highest BCUT2D eigenvalue weighted by atomic mass is 32.2. The number of hydrogen-bond acceptors (Lipinski definition) is 6. The summed E-state index contributed by atoms with van der Waals surface area (Å²) in [4.78, 5) is 16.2. The number of amides is 1. The zero-order valence-corrected chi connectivity index (χ0v) is 20.4. The van der Waals surface area contributed by atoms with Crippen LogP contribution in [0.1, 0.15) is 26.4 Å². The van der Waals surface area contributed by atoms with Crippen molar-refractivity contribution in [3.8, 4) is 5.75 Å². The zero-order chi connectivity index (χ0) is 23.5. The standard InChI is InChI=1S/C24H27N3O4S2/c1-15-14-16(2)22(27-9-11-31-12-10-27)17(3)21(15)25-24(29)23-18(8-13-32-23)26-33(30)20-7-5-4-6-19(20)28/h4-8,13-14,26,28H,9-12H2,1-3H3,(H,25,29). The van der Waals surface area contributed by atoms with Gasteiger partial charge >= 0.3 is 0 Å². The van der Waals surface area contributed by atoms with E-state index in [0.717, 1.165) is 35.6 Å². The van der Waals surface area contributed by atoms with Crippen LogP contribution in [0, 0.1) is 20.8 Å². The molecule has 1 unspecified atom stereocenters. The van der Waals surface area contributed by atoms with Crippen LogP contribution in [0.15, 0.2) is 46.7 Å². The lowest BCUT2D eigenvalue weighted by molar-refractivity contribution is 0.103. The summed E-state index contributed by atoms with van der Waals surface area (Å²) in [6.07, 6.45) is 0. The van der Waals surface area contributed by atoms with Crippen LogP contribution in [0.2, 0.25) is 0 Å². The molecule has 2 heterocycles. The van der Waals surface area contributed by atoms with Gasteiger partial charge in [-0.05, 0) is 61.0 Å². The molecule has 0 spiro atoms. The highest BCUT2D eigenvalue weighted by Gasteiger charge is 2.22. The first-order valence-corrected chi connectivity index (χ1v) is 12.7. The van der Waals surface area contributed by atoms with Gasteiger partial charge in [0.25, 0.3) is 5.91 Å². The molecule has 1 atom stereocenters. The molecule has 3 N–H and O–H groups in total. The number of para-hydroxylation sites is 1. The van der Waals surface area contributed by atoms with Crippen molar-refractivity contribution >= 4 is 45.3 Å². The summed E-state index contributed by atoms with van der Waals surface area (Å²) in [7, 11) is -1.71. The van der Waals surface area contributed by atoms with Gasteiger partial charge in [-0.2, -0.15) is 0 Å². The van der Waals surface area contributed by atoms with Crippen LogP contribution < -0.4 is 14.9 Å². The first kappa shape index (κ1) is 23.3. The maximum Gasteiger partial charge on any atom is 0.267 e. The lowest BCUT2D eigenvalue weighted by Crippen LogP contribution is -2.37. The number of aryl methyl sites for hydroxylation is 2. The summed E-state index contributed by atoms with van der Waals surface area (Å²) >= 11 is 1.27. The second-order valence-electron chi connectivity index (χ2n) is 7.91. The third-order valence-electron chi connectivity index (χ3n) is 5.64. The van der Waals surface area contributed by atoms with E-state index in [-0.39, 0.29) is 16.6 Å². The molecular weight excluding hydrogens is 458 g/mol. The molecule has 1 aliphatic heterocycles. The number of carbonyl (C=O) groups is 1. The van der Waals surface area contributed by atoms with Crippen LogP contribution >= 0.6 is 11.3 Å². The van der Waals surface area contributed by atoms with Crippen molar-refractivity contribution < 1.29 is 18.8 Å². The Morgan fingerprint density at radius 1 is 1.12 bits per heavy atom. The molecule has 1 saturated heterocycles. The number of phenols is 1. The topological polar surface area (TPSA) is 90.9 Å². The third-order valence-corrected chi connectivity index (χ3v) is 7.70. The Labute approximate surface area is 200 Å². The minimum absolute atomic E-state index is 0.0638. The van der Waals surface area contributed by atoms with Gasteiger partial charge in [-0.25, -0.2) is 4.21 Å². The Balaban J connectivity index is 1.58. The second kappa shape index (κ2) is 9.94. The number of carbonyl (C=O) groups excluding carboxylic acids is 1. The van der Waals surface area contributed by atoms with Crippen molar-refractivity contribution in [3.63, 3.8) is 0 Å². The fourth-order valence-corrected chi connectivity index (χ4v) is 5.89. The van der Waals surface area contributed by atoms with E-state index in [1.54, 1.807) is 29.6 Å². The van der Waals surface area contributed by atoms with Crippen LogP contribution in [0.25, 0.3) is 0 Å². The van der Waals surface area contributed by atoms with E-state index in [4.69, 9.17) is 4.74 Å². The first-order valence-electron chi connectivity index (χ1n) is 10.7. The molecular formula is C24H27N3O4S2. The van der Waals surface area contributed by atoms with Crippen LogP contribution in [-0.2, 0) is 15.7 Å². The lowest BCUT2D eigenvalue weighted by Gasteiger charge is -2.32. The molecule has 0 bridgehead atoms. The fourth-order valence-electron chi connectivity index (χ4n) is 4.15. The van der Waals surface area contributed by atoms with Crippen molar-refractivity contribution in [1.29, 1.82) is 0 Å². The minimum atomic E-state index is -1.71. The second-order valence-corrected chi connectivity index (χ2v) is 10.0. The summed E-state index contributed by atoms with van der Waals surface area (Å²) in [5.74, 6) is -0.337. The van der Waals surface area contributed by atoms with E-state index in [2.05, 4.69) is 27.9 Å².